The Labute approximate surface area is 78.0 Å². The van der Waals surface area contributed by atoms with Crippen LogP contribution >= 0.6 is 0 Å². The maximum atomic E-state index is 11.2. The van der Waals surface area contributed by atoms with Crippen molar-refractivity contribution in [3.8, 4) is 0 Å². The van der Waals surface area contributed by atoms with E-state index in [9.17, 15) is 4.79 Å². The van der Waals surface area contributed by atoms with E-state index in [4.69, 9.17) is 4.74 Å². The van der Waals surface area contributed by atoms with Crippen LogP contribution in [0.4, 0.5) is 0 Å². The number of ether oxygens (including phenoxy) is 1. The van der Waals surface area contributed by atoms with Crippen molar-refractivity contribution in [3.63, 3.8) is 0 Å². The van der Waals surface area contributed by atoms with Crippen molar-refractivity contribution in [3.05, 3.63) is 0 Å². The molecule has 2 aliphatic rings. The summed E-state index contributed by atoms with van der Waals surface area (Å²) in [4.78, 5) is 11.2. The van der Waals surface area contributed by atoms with Crippen molar-refractivity contribution in [2.24, 2.45) is 5.92 Å². The normalized spacial score (nSPS) is 28.6. The third kappa shape index (κ3) is 2.19. The third-order valence-corrected chi connectivity index (χ3v) is 2.73. The molecular weight excluding hydrogens is 168 g/mol. The molecule has 0 bridgehead atoms. The molecule has 2 heterocycles. The van der Waals surface area contributed by atoms with Crippen LogP contribution in [0.25, 0.3) is 0 Å². The summed E-state index contributed by atoms with van der Waals surface area (Å²) in [6.07, 6.45) is 2.25. The van der Waals surface area contributed by atoms with Crippen LogP contribution in [0.5, 0.6) is 0 Å². The van der Waals surface area contributed by atoms with Gasteiger partial charge in [-0.1, -0.05) is 0 Å². The third-order valence-electron chi connectivity index (χ3n) is 2.73. The predicted octanol–water partition coefficient (Wildman–Crippen LogP) is -0.499. The van der Waals surface area contributed by atoms with Gasteiger partial charge in [0, 0.05) is 32.2 Å². The summed E-state index contributed by atoms with van der Waals surface area (Å²) in [5.74, 6) is 0.406. The van der Waals surface area contributed by atoms with Crippen LogP contribution in [0.3, 0.4) is 0 Å². The molecule has 2 aliphatic heterocycles. The summed E-state index contributed by atoms with van der Waals surface area (Å²) in [6, 6.07) is 0. The van der Waals surface area contributed by atoms with Crippen molar-refractivity contribution in [2.75, 3.05) is 26.2 Å². The SMILES string of the molecule is O=C1NCCC1CCOC1CNC1. The molecule has 1 atom stereocenters. The number of carbonyl (C=O) groups excluding carboxylic acids is 1. The first-order chi connectivity index (χ1) is 6.36. The summed E-state index contributed by atoms with van der Waals surface area (Å²) < 4.78 is 5.55. The molecule has 2 saturated heterocycles. The van der Waals surface area contributed by atoms with Crippen LogP contribution in [0.15, 0.2) is 0 Å². The van der Waals surface area contributed by atoms with Gasteiger partial charge in [0.05, 0.1) is 6.10 Å². The lowest BCUT2D eigenvalue weighted by Gasteiger charge is -2.27. The number of hydrogen-bond donors (Lipinski definition) is 2. The molecule has 0 aromatic rings. The van der Waals surface area contributed by atoms with E-state index in [1.54, 1.807) is 0 Å². The van der Waals surface area contributed by atoms with Gasteiger partial charge in [0.15, 0.2) is 0 Å². The van der Waals surface area contributed by atoms with Gasteiger partial charge < -0.3 is 15.4 Å². The summed E-state index contributed by atoms with van der Waals surface area (Å²) in [5.41, 5.74) is 0. The highest BCUT2D eigenvalue weighted by atomic mass is 16.5. The second-order valence-electron chi connectivity index (χ2n) is 3.72. The van der Waals surface area contributed by atoms with Crippen molar-refractivity contribution in [1.29, 1.82) is 0 Å². The molecule has 0 aliphatic carbocycles. The second-order valence-corrected chi connectivity index (χ2v) is 3.72. The lowest BCUT2D eigenvalue weighted by Crippen LogP contribution is -2.48. The minimum atomic E-state index is 0.202. The van der Waals surface area contributed by atoms with E-state index in [1.807, 2.05) is 0 Å². The molecule has 0 spiro atoms. The maximum absolute atomic E-state index is 11.2. The highest BCUT2D eigenvalue weighted by Crippen LogP contribution is 2.14. The van der Waals surface area contributed by atoms with E-state index in [1.165, 1.54) is 0 Å². The van der Waals surface area contributed by atoms with E-state index >= 15 is 0 Å². The smallest absolute Gasteiger partial charge is 0.223 e. The molecule has 4 nitrogen and oxygen atoms in total. The zero-order chi connectivity index (χ0) is 9.10. The molecule has 0 saturated carbocycles. The predicted molar refractivity (Wildman–Crippen MR) is 48.3 cm³/mol. The molecule has 0 aromatic carbocycles. The Bertz CT molecular complexity index is 192. The van der Waals surface area contributed by atoms with Crippen LogP contribution in [0.2, 0.25) is 0 Å². The number of carbonyl (C=O) groups is 1. The first-order valence-electron chi connectivity index (χ1n) is 4.96. The minimum absolute atomic E-state index is 0.202. The van der Waals surface area contributed by atoms with E-state index in [0.717, 1.165) is 39.1 Å². The molecular formula is C9H16N2O2. The van der Waals surface area contributed by atoms with Gasteiger partial charge >= 0.3 is 0 Å². The summed E-state index contributed by atoms with van der Waals surface area (Å²) >= 11 is 0. The molecule has 2 rings (SSSR count). The van der Waals surface area contributed by atoms with Gasteiger partial charge in [-0.05, 0) is 12.8 Å². The average molecular weight is 184 g/mol. The molecule has 1 amide bonds. The van der Waals surface area contributed by atoms with E-state index in [0.29, 0.717) is 6.10 Å². The van der Waals surface area contributed by atoms with Gasteiger partial charge in [0.25, 0.3) is 0 Å². The number of amides is 1. The van der Waals surface area contributed by atoms with Crippen molar-refractivity contribution in [2.45, 2.75) is 18.9 Å². The molecule has 13 heavy (non-hydrogen) atoms. The molecule has 74 valence electrons. The van der Waals surface area contributed by atoms with Crippen LogP contribution in [-0.2, 0) is 9.53 Å². The molecule has 0 radical (unpaired) electrons. The monoisotopic (exact) mass is 184 g/mol. The fourth-order valence-electron chi connectivity index (χ4n) is 1.68. The average Bonchev–Trinajstić information content (AvgIpc) is 2.42. The molecule has 0 aromatic heterocycles. The molecule has 1 unspecified atom stereocenters. The topological polar surface area (TPSA) is 50.4 Å². The van der Waals surface area contributed by atoms with Crippen molar-refractivity contribution in [1.82, 2.24) is 10.6 Å². The Hall–Kier alpha value is -0.610. The summed E-state index contributed by atoms with van der Waals surface area (Å²) in [7, 11) is 0. The van der Waals surface area contributed by atoms with Gasteiger partial charge in [0.2, 0.25) is 5.91 Å². The Morgan fingerprint density at radius 3 is 2.85 bits per heavy atom. The fraction of sp³-hybridized carbons (Fsp3) is 0.889. The van der Waals surface area contributed by atoms with Gasteiger partial charge in [-0.3, -0.25) is 4.79 Å². The van der Waals surface area contributed by atoms with Crippen molar-refractivity contribution < 1.29 is 9.53 Å². The van der Waals surface area contributed by atoms with Crippen LogP contribution < -0.4 is 10.6 Å². The van der Waals surface area contributed by atoms with Gasteiger partial charge in [0.1, 0.15) is 0 Å². The highest BCUT2D eigenvalue weighted by Gasteiger charge is 2.24. The summed E-state index contributed by atoms with van der Waals surface area (Å²) in [6.45, 7) is 3.51. The van der Waals surface area contributed by atoms with Gasteiger partial charge in [-0.2, -0.15) is 0 Å². The zero-order valence-corrected chi connectivity index (χ0v) is 7.71. The van der Waals surface area contributed by atoms with Gasteiger partial charge in [-0.15, -0.1) is 0 Å². The Morgan fingerprint density at radius 1 is 1.46 bits per heavy atom. The largest absolute Gasteiger partial charge is 0.376 e. The standard InChI is InChI=1S/C9H16N2O2/c12-9-7(1-3-11-9)2-4-13-8-5-10-6-8/h7-8,10H,1-6H2,(H,11,12). The Balaban J connectivity index is 1.58. The number of rotatable bonds is 4. The first-order valence-corrected chi connectivity index (χ1v) is 4.96. The number of nitrogens with one attached hydrogen (secondary N) is 2. The van der Waals surface area contributed by atoms with Crippen LogP contribution in [0, 0.1) is 5.92 Å². The maximum Gasteiger partial charge on any atom is 0.223 e. The Morgan fingerprint density at radius 2 is 2.31 bits per heavy atom. The lowest BCUT2D eigenvalue weighted by molar-refractivity contribution is -0.123. The lowest BCUT2D eigenvalue weighted by atomic mass is 10.1. The van der Waals surface area contributed by atoms with Crippen LogP contribution in [-0.4, -0.2) is 38.3 Å². The van der Waals surface area contributed by atoms with E-state index < -0.39 is 0 Å². The van der Waals surface area contributed by atoms with Crippen LogP contribution in [0.1, 0.15) is 12.8 Å². The first kappa shape index (κ1) is 8.97. The second kappa shape index (κ2) is 4.07. The number of hydrogen-bond acceptors (Lipinski definition) is 3. The van der Waals surface area contributed by atoms with Gasteiger partial charge in [-0.25, -0.2) is 0 Å². The molecule has 2 fully saturated rings. The minimum Gasteiger partial charge on any atom is -0.376 e. The summed E-state index contributed by atoms with van der Waals surface area (Å²) in [5, 5.41) is 5.97. The molecule has 2 N–H and O–H groups in total. The van der Waals surface area contributed by atoms with Crippen molar-refractivity contribution >= 4 is 5.91 Å². The Kier molecular flexibility index (Phi) is 2.80. The quantitative estimate of drug-likeness (QED) is 0.619. The highest BCUT2D eigenvalue weighted by molar-refractivity contribution is 5.80. The molecule has 4 heteroatoms. The van der Waals surface area contributed by atoms with E-state index in [2.05, 4.69) is 10.6 Å². The van der Waals surface area contributed by atoms with E-state index in [-0.39, 0.29) is 11.8 Å². The zero-order valence-electron chi connectivity index (χ0n) is 7.71. The fourth-order valence-corrected chi connectivity index (χ4v) is 1.68.